The van der Waals surface area contributed by atoms with Crippen molar-refractivity contribution in [1.82, 2.24) is 5.43 Å². The van der Waals surface area contributed by atoms with Crippen molar-refractivity contribution in [2.24, 2.45) is 5.92 Å². The van der Waals surface area contributed by atoms with E-state index in [1.54, 1.807) is 14.0 Å². The predicted molar refractivity (Wildman–Crippen MR) is 79.0 cm³/mol. The van der Waals surface area contributed by atoms with Gasteiger partial charge >= 0.3 is 11.1 Å². The first-order valence-electron chi connectivity index (χ1n) is 7.05. The summed E-state index contributed by atoms with van der Waals surface area (Å²) in [5, 5.41) is 11.4. The molecule has 0 spiro atoms. The lowest BCUT2D eigenvalue weighted by Gasteiger charge is -2.15. The third-order valence-electron chi connectivity index (χ3n) is 3.28. The molecule has 0 fully saturated rings. The molecule has 6 nitrogen and oxygen atoms in total. The van der Waals surface area contributed by atoms with Gasteiger partial charge in [-0.1, -0.05) is 19.1 Å². The zero-order valence-corrected chi connectivity index (χ0v) is 12.8. The van der Waals surface area contributed by atoms with Gasteiger partial charge in [0.1, 0.15) is 12.3 Å². The number of nitrogens with one attached hydrogen (secondary N) is 1. The molecule has 0 bridgehead atoms. The summed E-state index contributed by atoms with van der Waals surface area (Å²) in [5.41, 5.74) is 4.37. The summed E-state index contributed by atoms with van der Waals surface area (Å²) < 4.78 is 10.3. The van der Waals surface area contributed by atoms with E-state index in [4.69, 9.17) is 14.9 Å². The molecule has 0 aliphatic rings. The Balaban J connectivity index is 2.87. The van der Waals surface area contributed by atoms with Crippen LogP contribution in [0, 0.1) is 11.3 Å². The fraction of sp³-hybridized carbons (Fsp3) is 0.533. The summed E-state index contributed by atoms with van der Waals surface area (Å²) in [5.74, 6) is 0.390. The second-order valence-electron chi connectivity index (χ2n) is 4.64. The third-order valence-corrected chi connectivity index (χ3v) is 3.28. The molecule has 1 aromatic carbocycles. The van der Waals surface area contributed by atoms with E-state index in [2.05, 4.69) is 10.5 Å². The minimum atomic E-state index is -0.166. The first-order chi connectivity index (χ1) is 10.2. The van der Waals surface area contributed by atoms with Crippen LogP contribution in [0.2, 0.25) is 0 Å². The Bertz CT molecular complexity index is 511. The number of carbonyl (C=O) groups excluding carboxylic acids is 1. The molecule has 0 aromatic heterocycles. The molecule has 0 heterocycles. The maximum atomic E-state index is 11.9. The van der Waals surface area contributed by atoms with Crippen LogP contribution in [-0.2, 0) is 22.5 Å². The number of hydrogen-bond donors (Lipinski definition) is 1. The number of hydrogen-bond acceptors (Lipinski definition) is 5. The molecule has 0 aliphatic heterocycles. The molecule has 1 aromatic rings. The van der Waals surface area contributed by atoms with Crippen molar-refractivity contribution in [1.29, 1.82) is 5.39 Å². The zero-order valence-electron chi connectivity index (χ0n) is 12.8. The van der Waals surface area contributed by atoms with Crippen LogP contribution in [0.3, 0.4) is 0 Å². The number of benzene rings is 1. The van der Waals surface area contributed by atoms with Gasteiger partial charge in [-0.05, 0) is 36.8 Å². The zero-order chi connectivity index (χ0) is 15.7. The number of esters is 1. The summed E-state index contributed by atoms with van der Waals surface area (Å²) in [6, 6.07) is 5.72. The average molecular weight is 292 g/mol. The maximum Gasteiger partial charge on any atom is 0.309 e. The number of diazo groups is 1. The van der Waals surface area contributed by atoms with E-state index in [0.29, 0.717) is 25.3 Å². The van der Waals surface area contributed by atoms with E-state index in [9.17, 15) is 4.79 Å². The number of methoxy groups -OCH3 is 1. The van der Waals surface area contributed by atoms with Crippen molar-refractivity contribution >= 4 is 5.97 Å². The van der Waals surface area contributed by atoms with Crippen LogP contribution >= 0.6 is 0 Å². The Kier molecular flexibility index (Phi) is 7.02. The number of rotatable bonds is 8. The van der Waals surface area contributed by atoms with Gasteiger partial charge in [-0.25, -0.2) is 0 Å². The van der Waals surface area contributed by atoms with E-state index in [1.807, 2.05) is 25.1 Å². The Morgan fingerprint density at radius 3 is 2.76 bits per heavy atom. The van der Waals surface area contributed by atoms with E-state index in [0.717, 1.165) is 17.5 Å². The van der Waals surface area contributed by atoms with Gasteiger partial charge < -0.3 is 9.47 Å². The Morgan fingerprint density at radius 2 is 2.19 bits per heavy atom. The summed E-state index contributed by atoms with van der Waals surface area (Å²) in [7, 11) is 1.59. The van der Waals surface area contributed by atoms with Crippen LogP contribution < -0.4 is 10.2 Å². The molecule has 1 N–H and O–H groups in total. The Hall–Kier alpha value is -2.29. The van der Waals surface area contributed by atoms with E-state index in [1.165, 1.54) is 0 Å². The quantitative estimate of drug-likeness (QED) is 0.453. The SMILES string of the molecule is CCOC(=O)C(CC)Cc1ccc(OC)c(CN[N+]#N)c1. The van der Waals surface area contributed by atoms with Gasteiger partial charge in [0.05, 0.1) is 19.6 Å². The predicted octanol–water partition coefficient (Wildman–Crippen LogP) is 2.68. The summed E-state index contributed by atoms with van der Waals surface area (Å²) in [4.78, 5) is 11.9. The first-order valence-corrected chi connectivity index (χ1v) is 7.05. The van der Waals surface area contributed by atoms with Crippen LogP contribution in [0.5, 0.6) is 5.75 Å². The van der Waals surface area contributed by atoms with Crippen molar-refractivity contribution in [3.05, 3.63) is 34.4 Å². The van der Waals surface area contributed by atoms with Gasteiger partial charge in [-0.2, -0.15) is 0 Å². The van der Waals surface area contributed by atoms with Gasteiger partial charge in [0, 0.05) is 5.56 Å². The van der Waals surface area contributed by atoms with Crippen molar-refractivity contribution in [2.75, 3.05) is 13.7 Å². The third kappa shape index (κ3) is 4.95. The van der Waals surface area contributed by atoms with Crippen molar-refractivity contribution in [3.63, 3.8) is 0 Å². The highest BCUT2D eigenvalue weighted by Crippen LogP contribution is 2.22. The Morgan fingerprint density at radius 1 is 1.43 bits per heavy atom. The van der Waals surface area contributed by atoms with Crippen LogP contribution in [-0.4, -0.2) is 19.7 Å². The average Bonchev–Trinajstić information content (AvgIpc) is 2.50. The molecule has 1 unspecified atom stereocenters. The summed E-state index contributed by atoms with van der Waals surface area (Å²) in [6.07, 6.45) is 1.34. The van der Waals surface area contributed by atoms with Gasteiger partial charge in [0.15, 0.2) is 0 Å². The van der Waals surface area contributed by atoms with E-state index >= 15 is 0 Å². The lowest BCUT2D eigenvalue weighted by atomic mass is 9.95. The molecule has 0 aliphatic carbocycles. The lowest BCUT2D eigenvalue weighted by molar-refractivity contribution is -0.148. The number of nitrogens with zero attached hydrogens (tertiary/aromatic N) is 2. The second kappa shape index (κ2) is 8.80. The van der Waals surface area contributed by atoms with Gasteiger partial charge in [-0.3, -0.25) is 4.79 Å². The molecule has 0 radical (unpaired) electrons. The van der Waals surface area contributed by atoms with E-state index in [-0.39, 0.29) is 11.9 Å². The first kappa shape index (κ1) is 16.8. The van der Waals surface area contributed by atoms with E-state index < -0.39 is 0 Å². The number of ether oxygens (including phenoxy) is 2. The van der Waals surface area contributed by atoms with Gasteiger partial charge in [-0.15, -0.1) is 0 Å². The highest BCUT2D eigenvalue weighted by atomic mass is 16.5. The largest absolute Gasteiger partial charge is 0.496 e. The highest BCUT2D eigenvalue weighted by Gasteiger charge is 2.19. The molecule has 0 amide bonds. The van der Waals surface area contributed by atoms with Crippen molar-refractivity contribution in [2.45, 2.75) is 33.2 Å². The molecule has 0 saturated heterocycles. The summed E-state index contributed by atoms with van der Waals surface area (Å²) in [6.45, 7) is 4.52. The van der Waals surface area contributed by atoms with Gasteiger partial charge in [0.25, 0.3) is 5.39 Å². The molecule has 0 saturated carbocycles. The van der Waals surface area contributed by atoms with Crippen LogP contribution in [0.4, 0.5) is 0 Å². The highest BCUT2D eigenvalue weighted by molar-refractivity contribution is 5.72. The van der Waals surface area contributed by atoms with Crippen LogP contribution in [0.15, 0.2) is 18.2 Å². The molecule has 1 rings (SSSR count). The number of carbonyl (C=O) groups is 1. The standard InChI is InChI=1S/C15H22N3O3/c1-4-12(15(19)21-5-2)8-11-6-7-14(20-3)13(9-11)10-17-18-16/h6-7,9,12,17H,4-5,8,10H2,1-3H3/q+1. The fourth-order valence-corrected chi connectivity index (χ4v) is 2.16. The molecule has 114 valence electrons. The molecule has 21 heavy (non-hydrogen) atoms. The minimum Gasteiger partial charge on any atom is -0.496 e. The topological polar surface area (TPSA) is 75.7 Å². The van der Waals surface area contributed by atoms with Gasteiger partial charge in [0.2, 0.25) is 0 Å². The normalized spacial score (nSPS) is 11.3. The van der Waals surface area contributed by atoms with Crippen LogP contribution in [0.1, 0.15) is 31.4 Å². The van der Waals surface area contributed by atoms with Crippen molar-refractivity contribution in [3.8, 4) is 5.75 Å². The maximum absolute atomic E-state index is 11.9. The lowest BCUT2D eigenvalue weighted by Crippen LogP contribution is -2.19. The van der Waals surface area contributed by atoms with Crippen LogP contribution in [0.25, 0.3) is 5.08 Å². The molecule has 6 heteroatoms. The molecular weight excluding hydrogens is 270 g/mol. The smallest absolute Gasteiger partial charge is 0.309 e. The summed E-state index contributed by atoms with van der Waals surface area (Å²) >= 11 is 0. The molecule has 1 atom stereocenters. The Labute approximate surface area is 125 Å². The second-order valence-corrected chi connectivity index (χ2v) is 4.64. The van der Waals surface area contributed by atoms with Crippen molar-refractivity contribution < 1.29 is 14.3 Å². The molecular formula is C15H22N3O3+. The fourth-order valence-electron chi connectivity index (χ4n) is 2.16. The monoisotopic (exact) mass is 292 g/mol. The minimum absolute atomic E-state index is 0.151.